The number of fused-ring (bicyclic) bond motifs is 1. The molecule has 0 spiro atoms. The van der Waals surface area contributed by atoms with Crippen molar-refractivity contribution in [2.24, 2.45) is 5.92 Å². The smallest absolute Gasteiger partial charge is 0.308 e. The minimum Gasteiger partial charge on any atom is -0.497 e. The predicted molar refractivity (Wildman–Crippen MR) is 85.5 cm³/mol. The molecule has 0 aliphatic carbocycles. The maximum Gasteiger partial charge on any atom is 0.308 e. The highest BCUT2D eigenvalue weighted by Crippen LogP contribution is 2.29. The quantitative estimate of drug-likeness (QED) is 0.804. The second kappa shape index (κ2) is 7.67. The van der Waals surface area contributed by atoms with Crippen LogP contribution in [0.4, 0.5) is 0 Å². The number of hydrogen-bond donors (Lipinski definition) is 2. The van der Waals surface area contributed by atoms with Crippen LogP contribution in [-0.4, -0.2) is 37.2 Å². The van der Waals surface area contributed by atoms with Crippen LogP contribution in [0.2, 0.25) is 0 Å². The molecule has 0 radical (unpaired) electrons. The second-order valence-electron chi connectivity index (χ2n) is 5.40. The van der Waals surface area contributed by atoms with Crippen molar-refractivity contribution in [2.45, 2.75) is 19.8 Å². The van der Waals surface area contributed by atoms with Gasteiger partial charge in [0.2, 0.25) is 0 Å². The van der Waals surface area contributed by atoms with Gasteiger partial charge in [-0.15, -0.1) is 0 Å². The van der Waals surface area contributed by atoms with Crippen LogP contribution in [0, 0.1) is 5.92 Å². The Morgan fingerprint density at radius 1 is 1.43 bits per heavy atom. The number of nitrogens with one attached hydrogen (secondary N) is 1. The summed E-state index contributed by atoms with van der Waals surface area (Å²) in [5.74, 6) is -0.394. The van der Waals surface area contributed by atoms with Crippen molar-refractivity contribution in [3.63, 3.8) is 0 Å². The first-order valence-corrected chi connectivity index (χ1v) is 7.57. The lowest BCUT2D eigenvalue weighted by molar-refractivity contribution is -0.141. The van der Waals surface area contributed by atoms with E-state index in [4.69, 9.17) is 14.6 Å². The molecule has 124 valence electrons. The lowest BCUT2D eigenvalue weighted by Gasteiger charge is -2.19. The Hall–Kier alpha value is -2.50. The standard InChI is InChI=1S/C17H21NO5/c1-3-4-11(17(20)21)9-18-16(19)13-7-12-8-14(22-2)5-6-15(12)23-10-13/h5-8,11H,3-4,9-10H2,1-2H3,(H,18,19)(H,20,21). The zero-order valence-electron chi connectivity index (χ0n) is 13.3. The van der Waals surface area contributed by atoms with E-state index in [1.165, 1.54) is 0 Å². The number of amides is 1. The van der Waals surface area contributed by atoms with Crippen LogP contribution >= 0.6 is 0 Å². The first-order chi connectivity index (χ1) is 11.0. The van der Waals surface area contributed by atoms with Crippen molar-refractivity contribution >= 4 is 18.0 Å². The van der Waals surface area contributed by atoms with Crippen LogP contribution < -0.4 is 14.8 Å². The van der Waals surface area contributed by atoms with Gasteiger partial charge in [0.15, 0.2) is 0 Å². The van der Waals surface area contributed by atoms with Gasteiger partial charge in [-0.2, -0.15) is 0 Å². The highest BCUT2D eigenvalue weighted by Gasteiger charge is 2.21. The molecule has 1 atom stereocenters. The van der Waals surface area contributed by atoms with Gasteiger partial charge >= 0.3 is 5.97 Å². The number of methoxy groups -OCH3 is 1. The monoisotopic (exact) mass is 319 g/mol. The van der Waals surface area contributed by atoms with E-state index in [1.807, 2.05) is 6.92 Å². The molecule has 2 N–H and O–H groups in total. The Bertz CT molecular complexity index is 623. The highest BCUT2D eigenvalue weighted by atomic mass is 16.5. The van der Waals surface area contributed by atoms with E-state index in [0.717, 1.165) is 12.0 Å². The molecule has 1 aromatic carbocycles. The second-order valence-corrected chi connectivity index (χ2v) is 5.40. The number of rotatable bonds is 7. The van der Waals surface area contributed by atoms with Crippen molar-refractivity contribution in [3.05, 3.63) is 29.3 Å². The van der Waals surface area contributed by atoms with Crippen LogP contribution in [-0.2, 0) is 9.59 Å². The summed E-state index contributed by atoms with van der Waals surface area (Å²) in [6.07, 6.45) is 3.03. The van der Waals surface area contributed by atoms with E-state index in [-0.39, 0.29) is 19.1 Å². The van der Waals surface area contributed by atoms with Crippen LogP contribution in [0.25, 0.3) is 6.08 Å². The highest BCUT2D eigenvalue weighted by molar-refractivity contribution is 5.99. The zero-order valence-corrected chi connectivity index (χ0v) is 13.3. The largest absolute Gasteiger partial charge is 0.497 e. The van der Waals surface area contributed by atoms with Gasteiger partial charge in [-0.1, -0.05) is 13.3 Å². The molecule has 2 rings (SSSR count). The molecule has 1 aromatic rings. The number of carbonyl (C=O) groups is 2. The fraction of sp³-hybridized carbons (Fsp3) is 0.412. The molecule has 0 saturated carbocycles. The Morgan fingerprint density at radius 2 is 2.22 bits per heavy atom. The lowest BCUT2D eigenvalue weighted by Crippen LogP contribution is -2.35. The average Bonchev–Trinajstić information content (AvgIpc) is 2.56. The number of carboxylic acid groups (broad SMARTS) is 1. The van der Waals surface area contributed by atoms with Gasteiger partial charge in [-0.3, -0.25) is 9.59 Å². The molecule has 0 saturated heterocycles. The summed E-state index contributed by atoms with van der Waals surface area (Å²) in [6, 6.07) is 5.37. The van der Waals surface area contributed by atoms with Gasteiger partial charge in [-0.25, -0.2) is 0 Å². The molecule has 0 fully saturated rings. The van der Waals surface area contributed by atoms with E-state index in [0.29, 0.717) is 23.5 Å². The number of hydrogen-bond acceptors (Lipinski definition) is 4. The molecule has 1 aliphatic rings. The maximum absolute atomic E-state index is 12.2. The normalized spacial score (nSPS) is 14.1. The fourth-order valence-electron chi connectivity index (χ4n) is 2.40. The molecule has 1 unspecified atom stereocenters. The average molecular weight is 319 g/mol. The summed E-state index contributed by atoms with van der Waals surface area (Å²) in [6.45, 7) is 2.20. The molecule has 23 heavy (non-hydrogen) atoms. The summed E-state index contributed by atoms with van der Waals surface area (Å²) < 4.78 is 10.7. The molecular formula is C17H21NO5. The fourth-order valence-corrected chi connectivity index (χ4v) is 2.40. The van der Waals surface area contributed by atoms with E-state index < -0.39 is 11.9 Å². The maximum atomic E-state index is 12.2. The van der Waals surface area contributed by atoms with Gasteiger partial charge in [0.25, 0.3) is 5.91 Å². The number of ether oxygens (including phenoxy) is 2. The summed E-state index contributed by atoms with van der Waals surface area (Å²) in [5.41, 5.74) is 1.23. The molecule has 6 heteroatoms. The number of carbonyl (C=O) groups excluding carboxylic acids is 1. The Morgan fingerprint density at radius 3 is 2.87 bits per heavy atom. The Balaban J connectivity index is 2.05. The molecular weight excluding hydrogens is 298 g/mol. The number of carboxylic acids is 1. The third kappa shape index (κ3) is 4.25. The molecule has 1 amide bonds. The van der Waals surface area contributed by atoms with Crippen molar-refractivity contribution < 1.29 is 24.2 Å². The topological polar surface area (TPSA) is 84.9 Å². The van der Waals surface area contributed by atoms with Crippen LogP contribution in [0.15, 0.2) is 23.8 Å². The lowest BCUT2D eigenvalue weighted by atomic mass is 10.0. The molecule has 0 bridgehead atoms. The minimum atomic E-state index is -0.892. The Kier molecular flexibility index (Phi) is 5.62. The van der Waals surface area contributed by atoms with E-state index >= 15 is 0 Å². The zero-order chi connectivity index (χ0) is 16.8. The summed E-state index contributed by atoms with van der Waals surface area (Å²) in [5, 5.41) is 11.8. The molecule has 1 aliphatic heterocycles. The third-order valence-corrected chi connectivity index (χ3v) is 3.72. The summed E-state index contributed by atoms with van der Waals surface area (Å²) >= 11 is 0. The van der Waals surface area contributed by atoms with Gasteiger partial charge in [0.05, 0.1) is 18.6 Å². The first-order valence-electron chi connectivity index (χ1n) is 7.57. The van der Waals surface area contributed by atoms with Gasteiger partial charge in [-0.05, 0) is 30.7 Å². The first kappa shape index (κ1) is 16.9. The van der Waals surface area contributed by atoms with Crippen molar-refractivity contribution in [2.75, 3.05) is 20.3 Å². The molecule has 1 heterocycles. The van der Waals surface area contributed by atoms with Gasteiger partial charge in [0.1, 0.15) is 18.1 Å². The van der Waals surface area contributed by atoms with E-state index in [9.17, 15) is 9.59 Å². The Labute approximate surface area is 135 Å². The van der Waals surface area contributed by atoms with E-state index in [2.05, 4.69) is 5.32 Å². The SMILES string of the molecule is CCCC(CNC(=O)C1=Cc2cc(OC)ccc2OC1)C(=O)O. The van der Waals surface area contributed by atoms with Gasteiger partial charge in [0, 0.05) is 12.1 Å². The van der Waals surface area contributed by atoms with Crippen molar-refractivity contribution in [1.29, 1.82) is 0 Å². The molecule has 6 nitrogen and oxygen atoms in total. The minimum absolute atomic E-state index is 0.115. The van der Waals surface area contributed by atoms with E-state index in [1.54, 1.807) is 31.4 Å². The van der Waals surface area contributed by atoms with Crippen LogP contribution in [0.3, 0.4) is 0 Å². The van der Waals surface area contributed by atoms with Crippen molar-refractivity contribution in [1.82, 2.24) is 5.32 Å². The summed E-state index contributed by atoms with van der Waals surface area (Å²) in [4.78, 5) is 23.3. The third-order valence-electron chi connectivity index (χ3n) is 3.72. The van der Waals surface area contributed by atoms with Crippen molar-refractivity contribution in [3.8, 4) is 11.5 Å². The number of benzene rings is 1. The van der Waals surface area contributed by atoms with Crippen LogP contribution in [0.5, 0.6) is 11.5 Å². The van der Waals surface area contributed by atoms with Gasteiger partial charge < -0.3 is 19.9 Å². The molecule has 0 aromatic heterocycles. The number of aliphatic carboxylic acids is 1. The predicted octanol–water partition coefficient (Wildman–Crippen LogP) is 2.09. The summed E-state index contributed by atoms with van der Waals surface area (Å²) in [7, 11) is 1.57. The van der Waals surface area contributed by atoms with Crippen LogP contribution in [0.1, 0.15) is 25.3 Å².